The van der Waals surface area contributed by atoms with Crippen LogP contribution in [0.5, 0.6) is 0 Å². The van der Waals surface area contributed by atoms with Crippen molar-refractivity contribution in [2.45, 2.75) is 44.5 Å². The number of nitrogens with two attached hydrogens (primary N) is 1. The first-order valence-corrected chi connectivity index (χ1v) is 12.0. The fourth-order valence-corrected chi connectivity index (χ4v) is 4.51. The monoisotopic (exact) mass is 368 g/mol. The average molecular weight is 368 g/mol. The highest BCUT2D eigenvalue weighted by Crippen LogP contribution is 2.40. The number of carbonyl (C=O) groups excluding carboxylic acids is 2. The Morgan fingerprint density at radius 3 is 2.75 bits per heavy atom. The molecule has 1 amide bonds. The maximum Gasteiger partial charge on any atom is 0.341 e. The van der Waals surface area contributed by atoms with E-state index < -0.39 is 20.3 Å². The van der Waals surface area contributed by atoms with E-state index in [1.54, 1.807) is 6.92 Å². The molecular formula is C13H20N6O3SSi. The van der Waals surface area contributed by atoms with Gasteiger partial charge in [0.2, 0.25) is 14.2 Å². The lowest BCUT2D eigenvalue weighted by atomic mass is 10.0. The molecule has 9 nitrogen and oxygen atoms in total. The van der Waals surface area contributed by atoms with E-state index in [1.807, 2.05) is 19.6 Å². The standard InChI is InChI=1S/C13H20N6O3SSi/c1-7-15-17-18(16-7)5-8-6-23-12-9(14)11(20)19(12)10(8)13(21)22-24(2,3)4/h9,12H,5-6,14H2,1-4H3/t9?,12-/m0/s1. The van der Waals surface area contributed by atoms with Crippen molar-refractivity contribution in [3.8, 4) is 0 Å². The molecule has 0 saturated carbocycles. The molecule has 1 unspecified atom stereocenters. The number of amides is 1. The highest BCUT2D eigenvalue weighted by Gasteiger charge is 2.52. The van der Waals surface area contributed by atoms with E-state index in [9.17, 15) is 9.59 Å². The Labute approximate surface area is 144 Å². The topological polar surface area (TPSA) is 116 Å². The van der Waals surface area contributed by atoms with E-state index in [-0.39, 0.29) is 17.8 Å². The Morgan fingerprint density at radius 1 is 1.46 bits per heavy atom. The van der Waals surface area contributed by atoms with Gasteiger partial charge in [0, 0.05) is 5.75 Å². The molecule has 3 heterocycles. The van der Waals surface area contributed by atoms with Crippen LogP contribution >= 0.6 is 11.8 Å². The largest absolute Gasteiger partial charge is 0.515 e. The molecule has 0 aromatic carbocycles. The molecule has 2 aliphatic heterocycles. The lowest BCUT2D eigenvalue weighted by Gasteiger charge is -2.48. The Morgan fingerprint density at radius 2 is 2.17 bits per heavy atom. The molecule has 2 N–H and O–H groups in total. The maximum atomic E-state index is 12.7. The van der Waals surface area contributed by atoms with Crippen molar-refractivity contribution in [2.75, 3.05) is 5.75 Å². The SMILES string of the molecule is Cc1nnn(CC2=C(C(=O)O[Si](C)(C)C)N3C(=O)C(N)[C@@H]3SC2)n1. The van der Waals surface area contributed by atoms with Crippen molar-refractivity contribution in [3.05, 3.63) is 17.1 Å². The van der Waals surface area contributed by atoms with Gasteiger partial charge in [-0.3, -0.25) is 9.69 Å². The number of fused-ring (bicyclic) bond motifs is 1. The summed E-state index contributed by atoms with van der Waals surface area (Å²) in [5.74, 6) is 0.394. The van der Waals surface area contributed by atoms with E-state index >= 15 is 0 Å². The van der Waals surface area contributed by atoms with E-state index in [1.165, 1.54) is 21.5 Å². The molecule has 0 aliphatic carbocycles. The molecular weight excluding hydrogens is 348 g/mol. The van der Waals surface area contributed by atoms with Crippen molar-refractivity contribution in [1.29, 1.82) is 0 Å². The van der Waals surface area contributed by atoms with Crippen molar-refractivity contribution < 1.29 is 14.0 Å². The lowest BCUT2D eigenvalue weighted by Crippen LogP contribution is -2.68. The number of thioether (sulfide) groups is 1. The molecule has 3 rings (SSSR count). The van der Waals surface area contributed by atoms with Crippen LogP contribution in [0.2, 0.25) is 19.6 Å². The predicted octanol–water partition coefficient (Wildman–Crippen LogP) is -0.144. The number of hydrogen-bond donors (Lipinski definition) is 1. The maximum absolute atomic E-state index is 12.7. The number of β-lactam (4-membered cyclic amide) rings is 1. The summed E-state index contributed by atoms with van der Waals surface area (Å²) in [5.41, 5.74) is 6.89. The highest BCUT2D eigenvalue weighted by atomic mass is 32.2. The van der Waals surface area contributed by atoms with Gasteiger partial charge in [-0.1, -0.05) is 0 Å². The fourth-order valence-electron chi connectivity index (χ4n) is 2.58. The summed E-state index contributed by atoms with van der Waals surface area (Å²) >= 11 is 1.53. The summed E-state index contributed by atoms with van der Waals surface area (Å²) in [6.45, 7) is 7.79. The number of rotatable bonds is 4. The summed E-state index contributed by atoms with van der Waals surface area (Å²) in [7, 11) is -2.10. The number of tetrazole rings is 1. The van der Waals surface area contributed by atoms with Crippen LogP contribution in [0.3, 0.4) is 0 Å². The molecule has 130 valence electrons. The molecule has 0 bridgehead atoms. The van der Waals surface area contributed by atoms with Crippen LogP contribution in [0.15, 0.2) is 11.3 Å². The zero-order valence-corrected chi connectivity index (χ0v) is 15.8. The van der Waals surface area contributed by atoms with E-state index in [4.69, 9.17) is 10.2 Å². The minimum atomic E-state index is -2.10. The first-order valence-electron chi connectivity index (χ1n) is 7.57. The van der Waals surface area contributed by atoms with Crippen LogP contribution in [-0.2, 0) is 20.6 Å². The second-order valence-corrected chi connectivity index (χ2v) is 12.3. The van der Waals surface area contributed by atoms with Gasteiger partial charge in [0.05, 0.1) is 6.54 Å². The Bertz CT molecular complexity index is 728. The van der Waals surface area contributed by atoms with Gasteiger partial charge in [-0.25, -0.2) is 4.79 Å². The van der Waals surface area contributed by atoms with E-state index in [2.05, 4.69) is 15.4 Å². The lowest BCUT2D eigenvalue weighted by molar-refractivity contribution is -0.147. The molecule has 2 atom stereocenters. The van der Waals surface area contributed by atoms with Crippen LogP contribution in [0.1, 0.15) is 5.82 Å². The normalized spacial score (nSPS) is 23.9. The summed E-state index contributed by atoms with van der Waals surface area (Å²) < 4.78 is 5.62. The van der Waals surface area contributed by atoms with Gasteiger partial charge in [0.1, 0.15) is 17.1 Å². The van der Waals surface area contributed by atoms with Crippen LogP contribution < -0.4 is 5.73 Å². The Hall–Kier alpha value is -1.72. The van der Waals surface area contributed by atoms with E-state index in [0.717, 1.165) is 5.57 Å². The fraction of sp³-hybridized carbons (Fsp3) is 0.615. The van der Waals surface area contributed by atoms with Crippen molar-refractivity contribution >= 4 is 32.0 Å². The Kier molecular flexibility index (Phi) is 4.26. The molecule has 1 aromatic rings. The van der Waals surface area contributed by atoms with Gasteiger partial charge in [-0.15, -0.1) is 22.0 Å². The van der Waals surface area contributed by atoms with Crippen LogP contribution in [0.25, 0.3) is 0 Å². The van der Waals surface area contributed by atoms with Gasteiger partial charge in [-0.2, -0.15) is 4.80 Å². The predicted molar refractivity (Wildman–Crippen MR) is 90.1 cm³/mol. The second kappa shape index (κ2) is 5.97. The average Bonchev–Trinajstić information content (AvgIpc) is 2.89. The number of hydrogen-bond acceptors (Lipinski definition) is 8. The molecule has 24 heavy (non-hydrogen) atoms. The Balaban J connectivity index is 1.95. The molecule has 1 saturated heterocycles. The summed E-state index contributed by atoms with van der Waals surface area (Å²) in [5, 5.41) is 11.7. The zero-order chi connectivity index (χ0) is 17.6. The summed E-state index contributed by atoms with van der Waals surface area (Å²) in [6, 6.07) is -0.571. The van der Waals surface area contributed by atoms with Gasteiger partial charge >= 0.3 is 5.97 Å². The van der Waals surface area contributed by atoms with E-state index in [0.29, 0.717) is 17.3 Å². The van der Waals surface area contributed by atoms with Crippen molar-refractivity contribution in [1.82, 2.24) is 25.1 Å². The zero-order valence-electron chi connectivity index (χ0n) is 14.0. The summed E-state index contributed by atoms with van der Waals surface area (Å²) in [6.07, 6.45) is 0. The molecule has 0 radical (unpaired) electrons. The smallest absolute Gasteiger partial charge is 0.341 e. The number of carbonyl (C=O) groups is 2. The first kappa shape index (κ1) is 17.1. The quantitative estimate of drug-likeness (QED) is 0.576. The van der Waals surface area contributed by atoms with Gasteiger partial charge < -0.3 is 10.2 Å². The van der Waals surface area contributed by atoms with Gasteiger partial charge in [-0.05, 0) is 37.4 Å². The minimum Gasteiger partial charge on any atom is -0.515 e. The van der Waals surface area contributed by atoms with Crippen LogP contribution in [0.4, 0.5) is 0 Å². The first-order chi connectivity index (χ1) is 11.2. The third-order valence-corrected chi connectivity index (χ3v) is 5.72. The molecule has 1 fully saturated rings. The molecule has 1 aromatic heterocycles. The van der Waals surface area contributed by atoms with Crippen LogP contribution in [0, 0.1) is 6.92 Å². The van der Waals surface area contributed by atoms with Crippen molar-refractivity contribution in [3.63, 3.8) is 0 Å². The highest BCUT2D eigenvalue weighted by molar-refractivity contribution is 8.00. The second-order valence-electron chi connectivity index (χ2n) is 6.76. The number of aryl methyl sites for hydroxylation is 1. The van der Waals surface area contributed by atoms with Crippen molar-refractivity contribution in [2.24, 2.45) is 5.73 Å². The molecule has 0 spiro atoms. The third-order valence-electron chi connectivity index (χ3n) is 3.57. The molecule has 11 heteroatoms. The van der Waals surface area contributed by atoms with Gasteiger partial charge in [0.15, 0.2) is 5.82 Å². The minimum absolute atomic E-state index is 0.212. The number of nitrogens with zero attached hydrogens (tertiary/aromatic N) is 5. The molecule has 2 aliphatic rings. The van der Waals surface area contributed by atoms with Crippen LogP contribution in [-0.4, -0.2) is 62.5 Å². The third kappa shape index (κ3) is 3.10. The summed E-state index contributed by atoms with van der Waals surface area (Å²) in [4.78, 5) is 27.8. The van der Waals surface area contributed by atoms with Gasteiger partial charge in [0.25, 0.3) is 0 Å². The number of aromatic nitrogens is 4.